The Morgan fingerprint density at radius 3 is 2.73 bits per heavy atom. The summed E-state index contributed by atoms with van der Waals surface area (Å²) in [7, 11) is 0. The first-order chi connectivity index (χ1) is 5.15. The summed E-state index contributed by atoms with van der Waals surface area (Å²) in [6.45, 7) is 2.03. The van der Waals surface area contributed by atoms with Crippen molar-refractivity contribution in [2.24, 2.45) is 5.73 Å². The highest BCUT2D eigenvalue weighted by molar-refractivity contribution is 7.14. The van der Waals surface area contributed by atoms with Crippen LogP contribution in [0.3, 0.4) is 0 Å². The van der Waals surface area contributed by atoms with E-state index in [1.54, 1.807) is 6.07 Å². The Morgan fingerprint density at radius 1 is 1.82 bits per heavy atom. The third-order valence-corrected chi connectivity index (χ3v) is 3.11. The fourth-order valence-corrected chi connectivity index (χ4v) is 2.06. The van der Waals surface area contributed by atoms with Gasteiger partial charge in [0.1, 0.15) is 5.84 Å². The second kappa shape index (κ2) is 3.24. The van der Waals surface area contributed by atoms with Crippen molar-refractivity contribution in [3.63, 3.8) is 0 Å². The highest BCUT2D eigenvalue weighted by atomic mass is 35.5. The number of hydrogen-bond donors (Lipinski definition) is 2. The van der Waals surface area contributed by atoms with Crippen LogP contribution in [0.4, 0.5) is 0 Å². The summed E-state index contributed by atoms with van der Waals surface area (Å²) in [6, 6.07) is 1.74. The Kier molecular flexibility index (Phi) is 2.52. The summed E-state index contributed by atoms with van der Waals surface area (Å²) >= 11 is 7.33. The van der Waals surface area contributed by atoms with Gasteiger partial charge in [0.05, 0.1) is 9.90 Å². The normalized spacial score (nSPS) is 10.0. The number of thiophene rings is 1. The van der Waals surface area contributed by atoms with E-state index < -0.39 is 0 Å². The molecule has 0 fully saturated rings. The largest absolute Gasteiger partial charge is 0.383 e. The van der Waals surface area contributed by atoms with Gasteiger partial charge in [0.2, 0.25) is 0 Å². The van der Waals surface area contributed by atoms with Gasteiger partial charge in [-0.15, -0.1) is 11.3 Å². The van der Waals surface area contributed by atoms with E-state index in [2.05, 4.69) is 0 Å². The zero-order valence-electron chi connectivity index (χ0n) is 6.15. The van der Waals surface area contributed by atoms with Gasteiger partial charge in [-0.1, -0.05) is 18.5 Å². The molecule has 0 spiro atoms. The number of amidine groups is 1. The molecule has 4 heteroatoms. The van der Waals surface area contributed by atoms with Gasteiger partial charge in [0, 0.05) is 4.88 Å². The van der Waals surface area contributed by atoms with Crippen LogP contribution in [0.2, 0.25) is 5.02 Å². The minimum absolute atomic E-state index is 0.0941. The fraction of sp³-hybridized carbons (Fsp3) is 0.286. The molecule has 0 unspecified atom stereocenters. The standard InChI is InChI=1S/C7H9ClN2S/c1-2-5-4(8)3-6(11-5)7(9)10/h3H,2H2,1H3,(H3,9,10). The van der Waals surface area contributed by atoms with E-state index in [0.717, 1.165) is 21.2 Å². The number of hydrogen-bond acceptors (Lipinski definition) is 2. The summed E-state index contributed by atoms with van der Waals surface area (Å²) in [5, 5.41) is 7.87. The first-order valence-electron chi connectivity index (χ1n) is 3.27. The van der Waals surface area contributed by atoms with Crippen molar-refractivity contribution in [1.82, 2.24) is 0 Å². The van der Waals surface area contributed by atoms with Crippen LogP contribution in [-0.2, 0) is 6.42 Å². The first-order valence-corrected chi connectivity index (χ1v) is 4.47. The van der Waals surface area contributed by atoms with Gasteiger partial charge in [0.25, 0.3) is 0 Å². The number of halogens is 1. The summed E-state index contributed by atoms with van der Waals surface area (Å²) in [5.41, 5.74) is 5.29. The number of nitrogen functional groups attached to an aromatic ring is 1. The Bertz CT molecular complexity index is 280. The van der Waals surface area contributed by atoms with Crippen molar-refractivity contribution in [3.05, 3.63) is 20.8 Å². The molecule has 1 rings (SSSR count). The molecule has 1 aromatic heterocycles. The van der Waals surface area contributed by atoms with Gasteiger partial charge in [-0.25, -0.2) is 0 Å². The molecular formula is C7H9ClN2S. The van der Waals surface area contributed by atoms with E-state index in [1.165, 1.54) is 11.3 Å². The molecule has 2 nitrogen and oxygen atoms in total. The van der Waals surface area contributed by atoms with Crippen LogP contribution >= 0.6 is 22.9 Å². The molecule has 0 atom stereocenters. The number of rotatable bonds is 2. The van der Waals surface area contributed by atoms with Crippen LogP contribution in [0.25, 0.3) is 0 Å². The second-order valence-electron chi connectivity index (χ2n) is 2.15. The van der Waals surface area contributed by atoms with Crippen molar-refractivity contribution in [1.29, 1.82) is 5.41 Å². The van der Waals surface area contributed by atoms with E-state index in [4.69, 9.17) is 22.7 Å². The molecule has 0 aromatic carbocycles. The van der Waals surface area contributed by atoms with Crippen LogP contribution in [0.1, 0.15) is 16.7 Å². The lowest BCUT2D eigenvalue weighted by atomic mass is 10.3. The fourth-order valence-electron chi connectivity index (χ4n) is 0.780. The molecule has 1 aromatic rings. The third kappa shape index (κ3) is 1.73. The van der Waals surface area contributed by atoms with Gasteiger partial charge in [0.15, 0.2) is 0 Å². The maximum atomic E-state index is 7.15. The lowest BCUT2D eigenvalue weighted by molar-refractivity contribution is 1.19. The number of nitrogens with two attached hydrogens (primary N) is 1. The highest BCUT2D eigenvalue weighted by Crippen LogP contribution is 2.26. The Hall–Kier alpha value is -0.540. The van der Waals surface area contributed by atoms with Crippen molar-refractivity contribution < 1.29 is 0 Å². The maximum absolute atomic E-state index is 7.15. The maximum Gasteiger partial charge on any atom is 0.133 e. The quantitative estimate of drug-likeness (QED) is 0.543. The van der Waals surface area contributed by atoms with E-state index in [-0.39, 0.29) is 5.84 Å². The molecule has 0 amide bonds. The highest BCUT2D eigenvalue weighted by Gasteiger charge is 2.06. The van der Waals surface area contributed by atoms with Crippen molar-refractivity contribution in [2.75, 3.05) is 0 Å². The third-order valence-electron chi connectivity index (χ3n) is 1.34. The van der Waals surface area contributed by atoms with E-state index >= 15 is 0 Å². The molecule has 0 radical (unpaired) electrons. The molecule has 0 aliphatic heterocycles. The molecule has 0 aliphatic carbocycles. The zero-order chi connectivity index (χ0) is 8.43. The van der Waals surface area contributed by atoms with E-state index in [0.29, 0.717) is 0 Å². The smallest absolute Gasteiger partial charge is 0.133 e. The predicted octanol–water partition coefficient (Wildman–Crippen LogP) is 2.25. The lowest BCUT2D eigenvalue weighted by Crippen LogP contribution is -2.08. The summed E-state index contributed by atoms with van der Waals surface area (Å²) < 4.78 is 0. The van der Waals surface area contributed by atoms with Gasteiger partial charge in [-0.3, -0.25) is 5.41 Å². The Balaban J connectivity index is 3.05. The van der Waals surface area contributed by atoms with E-state index in [1.807, 2.05) is 6.92 Å². The Morgan fingerprint density at radius 2 is 2.45 bits per heavy atom. The monoisotopic (exact) mass is 188 g/mol. The van der Waals surface area contributed by atoms with Crippen LogP contribution in [0.5, 0.6) is 0 Å². The summed E-state index contributed by atoms with van der Waals surface area (Å²) in [5.74, 6) is 0.0941. The topological polar surface area (TPSA) is 49.9 Å². The summed E-state index contributed by atoms with van der Waals surface area (Å²) in [4.78, 5) is 1.85. The molecule has 60 valence electrons. The molecule has 11 heavy (non-hydrogen) atoms. The average molecular weight is 189 g/mol. The number of aryl methyl sites for hydroxylation is 1. The molecular weight excluding hydrogens is 180 g/mol. The SMILES string of the molecule is CCc1sc(C(=N)N)cc1Cl. The molecule has 3 N–H and O–H groups in total. The molecule has 0 aliphatic rings. The minimum atomic E-state index is 0.0941. The number of nitrogens with one attached hydrogen (secondary N) is 1. The molecule has 0 saturated heterocycles. The van der Waals surface area contributed by atoms with Crippen LogP contribution < -0.4 is 5.73 Å². The average Bonchev–Trinajstić information content (AvgIpc) is 2.31. The van der Waals surface area contributed by atoms with Gasteiger partial charge in [-0.2, -0.15) is 0 Å². The molecule has 1 heterocycles. The van der Waals surface area contributed by atoms with Crippen molar-refractivity contribution >= 4 is 28.8 Å². The zero-order valence-corrected chi connectivity index (χ0v) is 7.72. The first kappa shape index (κ1) is 8.56. The second-order valence-corrected chi connectivity index (χ2v) is 3.69. The van der Waals surface area contributed by atoms with Crippen LogP contribution in [-0.4, -0.2) is 5.84 Å². The van der Waals surface area contributed by atoms with Gasteiger partial charge < -0.3 is 5.73 Å². The summed E-state index contributed by atoms with van der Waals surface area (Å²) in [6.07, 6.45) is 0.900. The van der Waals surface area contributed by atoms with E-state index in [9.17, 15) is 0 Å². The molecule has 0 saturated carbocycles. The van der Waals surface area contributed by atoms with Crippen molar-refractivity contribution in [3.8, 4) is 0 Å². The minimum Gasteiger partial charge on any atom is -0.383 e. The van der Waals surface area contributed by atoms with Crippen molar-refractivity contribution in [2.45, 2.75) is 13.3 Å². The lowest BCUT2D eigenvalue weighted by Gasteiger charge is -1.87. The van der Waals surface area contributed by atoms with Crippen LogP contribution in [0, 0.1) is 5.41 Å². The van der Waals surface area contributed by atoms with Crippen LogP contribution in [0.15, 0.2) is 6.07 Å². The van der Waals surface area contributed by atoms with Gasteiger partial charge in [-0.05, 0) is 12.5 Å². The molecule has 0 bridgehead atoms. The predicted molar refractivity (Wildman–Crippen MR) is 49.7 cm³/mol. The van der Waals surface area contributed by atoms with Gasteiger partial charge >= 0.3 is 0 Å². The Labute approximate surface area is 74.5 Å².